The maximum Gasteiger partial charge on any atom is 0.159 e. The van der Waals surface area contributed by atoms with Crippen molar-refractivity contribution in [2.75, 3.05) is 6.61 Å². The highest BCUT2D eigenvalue weighted by molar-refractivity contribution is 6.07. The topological polar surface area (TPSA) is 71.4 Å². The molecule has 4 nitrogen and oxygen atoms in total. The molecule has 0 unspecified atom stereocenters. The Kier molecular flexibility index (Phi) is 3.22. The predicted octanol–water partition coefficient (Wildman–Crippen LogP) is 2.24. The fourth-order valence-electron chi connectivity index (χ4n) is 6.17. The summed E-state index contributed by atoms with van der Waals surface area (Å²) < 4.78 is 0. The average molecular weight is 316 g/mol. The molecule has 0 spiro atoms. The van der Waals surface area contributed by atoms with Gasteiger partial charge >= 0.3 is 0 Å². The van der Waals surface area contributed by atoms with Gasteiger partial charge in [-0.1, -0.05) is 6.92 Å². The third-order valence-electron chi connectivity index (χ3n) is 7.45. The summed E-state index contributed by atoms with van der Waals surface area (Å²) in [5.74, 6) is 0.263. The van der Waals surface area contributed by atoms with E-state index in [4.69, 9.17) is 0 Å². The third kappa shape index (κ3) is 1.79. The van der Waals surface area contributed by atoms with Gasteiger partial charge in [0.1, 0.15) is 5.78 Å². The fourth-order valence-corrected chi connectivity index (χ4v) is 6.17. The first kappa shape index (κ1) is 15.3. The minimum absolute atomic E-state index is 0.0215. The van der Waals surface area contributed by atoms with Crippen molar-refractivity contribution < 1.29 is 19.5 Å². The van der Waals surface area contributed by atoms with Gasteiger partial charge in [-0.15, -0.1) is 0 Å². The summed E-state index contributed by atoms with van der Waals surface area (Å²) in [5.41, 5.74) is -0.344. The van der Waals surface area contributed by atoms with Crippen LogP contribution in [0.15, 0.2) is 11.6 Å². The van der Waals surface area contributed by atoms with Gasteiger partial charge < -0.3 is 5.11 Å². The van der Waals surface area contributed by atoms with Gasteiger partial charge in [-0.3, -0.25) is 14.4 Å². The van der Waals surface area contributed by atoms with E-state index in [9.17, 15) is 19.5 Å². The number of carbonyl (C=O) groups excluding carboxylic acids is 3. The largest absolute Gasteiger partial charge is 0.395 e. The molecule has 3 saturated carbocycles. The van der Waals surface area contributed by atoms with E-state index in [0.29, 0.717) is 24.2 Å². The normalized spacial score (nSPS) is 46.1. The number of hydrogen-bond donors (Lipinski definition) is 1. The highest BCUT2D eigenvalue weighted by Gasteiger charge is 2.62. The van der Waals surface area contributed by atoms with Crippen molar-refractivity contribution in [3.05, 3.63) is 11.6 Å². The molecule has 0 aromatic heterocycles. The smallest absolute Gasteiger partial charge is 0.159 e. The minimum Gasteiger partial charge on any atom is -0.395 e. The zero-order valence-electron chi connectivity index (χ0n) is 13.6. The number of aliphatic hydroxyl groups excluding tert-OH is 1. The van der Waals surface area contributed by atoms with Crippen LogP contribution in [0.3, 0.4) is 0 Å². The van der Waals surface area contributed by atoms with Crippen LogP contribution in [-0.4, -0.2) is 29.1 Å². The molecule has 0 aromatic carbocycles. The van der Waals surface area contributed by atoms with Gasteiger partial charge in [0.15, 0.2) is 11.6 Å². The molecule has 0 bridgehead atoms. The van der Waals surface area contributed by atoms with E-state index in [2.05, 4.69) is 0 Å². The number of allylic oxidation sites excluding steroid dienone is 1. The van der Waals surface area contributed by atoms with E-state index in [1.165, 1.54) is 6.08 Å². The van der Waals surface area contributed by atoms with Crippen molar-refractivity contribution >= 4 is 17.3 Å². The lowest BCUT2D eigenvalue weighted by Crippen LogP contribution is -2.56. The summed E-state index contributed by atoms with van der Waals surface area (Å²) in [6, 6.07) is 0. The zero-order chi connectivity index (χ0) is 16.4. The molecule has 124 valence electrons. The van der Waals surface area contributed by atoms with Crippen molar-refractivity contribution in [1.29, 1.82) is 0 Å². The average Bonchev–Trinajstić information content (AvgIpc) is 2.84. The predicted molar refractivity (Wildman–Crippen MR) is 83.5 cm³/mol. The van der Waals surface area contributed by atoms with E-state index in [-0.39, 0.29) is 41.3 Å². The van der Waals surface area contributed by atoms with Crippen LogP contribution in [0.4, 0.5) is 0 Å². The summed E-state index contributed by atoms with van der Waals surface area (Å²) in [6.07, 6.45) is 6.49. The second-order valence-electron chi connectivity index (χ2n) is 8.21. The molecule has 0 aromatic rings. The van der Waals surface area contributed by atoms with Crippen molar-refractivity contribution in [3.8, 4) is 0 Å². The molecule has 4 aliphatic rings. The van der Waals surface area contributed by atoms with Crippen molar-refractivity contribution in [2.24, 2.45) is 28.6 Å². The number of aliphatic hydroxyl groups is 1. The first-order chi connectivity index (χ1) is 10.9. The summed E-state index contributed by atoms with van der Waals surface area (Å²) >= 11 is 0. The SMILES string of the molecule is C[C@]12CC[C@H]3[C@@H](C(=O)C=C4C(=O)CCC[C@@]43CO)[C@@H]1CCC2=O. The molecule has 1 N–H and O–H groups in total. The quantitative estimate of drug-likeness (QED) is 0.805. The molecule has 23 heavy (non-hydrogen) atoms. The summed E-state index contributed by atoms with van der Waals surface area (Å²) in [6.45, 7) is 1.96. The Hall–Kier alpha value is -1.29. The fraction of sp³-hybridized carbons (Fsp3) is 0.737. The van der Waals surface area contributed by atoms with Gasteiger partial charge in [-0.05, 0) is 50.0 Å². The van der Waals surface area contributed by atoms with Crippen molar-refractivity contribution in [3.63, 3.8) is 0 Å². The number of carbonyl (C=O) groups is 3. The summed E-state index contributed by atoms with van der Waals surface area (Å²) in [7, 11) is 0. The van der Waals surface area contributed by atoms with Crippen molar-refractivity contribution in [1.82, 2.24) is 0 Å². The van der Waals surface area contributed by atoms with E-state index in [0.717, 1.165) is 32.1 Å². The second kappa shape index (κ2) is 4.85. The molecule has 4 rings (SSSR count). The molecule has 0 radical (unpaired) electrons. The van der Waals surface area contributed by atoms with Crippen LogP contribution < -0.4 is 0 Å². The lowest BCUT2D eigenvalue weighted by atomic mass is 9.47. The van der Waals surface area contributed by atoms with Crippen LogP contribution >= 0.6 is 0 Å². The zero-order valence-corrected chi connectivity index (χ0v) is 13.6. The monoisotopic (exact) mass is 316 g/mol. The maximum atomic E-state index is 12.9. The maximum absolute atomic E-state index is 12.9. The molecule has 0 heterocycles. The number of ketones is 3. The molecular weight excluding hydrogens is 292 g/mol. The first-order valence-electron chi connectivity index (χ1n) is 8.87. The Morgan fingerprint density at radius 2 is 1.91 bits per heavy atom. The standard InChI is InChI=1S/C19H24O4/c1-18-8-6-12-17(11(18)4-5-16(18)23)15(22)9-13-14(21)3-2-7-19(12,13)10-20/h9,11-12,17,20H,2-8,10H2,1H3/t11-,12-,17-,18-,19-/m0/s1. The van der Waals surface area contributed by atoms with Crippen molar-refractivity contribution in [2.45, 2.75) is 51.9 Å². The number of hydrogen-bond acceptors (Lipinski definition) is 4. The summed E-state index contributed by atoms with van der Waals surface area (Å²) in [5, 5.41) is 10.2. The Morgan fingerprint density at radius 1 is 1.13 bits per heavy atom. The molecule has 4 heteroatoms. The van der Waals surface area contributed by atoms with Gasteiger partial charge in [0.2, 0.25) is 0 Å². The van der Waals surface area contributed by atoms with E-state index in [1.54, 1.807) is 0 Å². The molecule has 0 aliphatic heterocycles. The molecule has 5 atom stereocenters. The number of Topliss-reactive ketones (excluding diaryl/α,β-unsaturated/α-hetero) is 2. The third-order valence-corrected chi connectivity index (χ3v) is 7.45. The van der Waals surface area contributed by atoms with Crippen LogP contribution in [0.1, 0.15) is 51.9 Å². The van der Waals surface area contributed by atoms with Crippen LogP contribution in [0, 0.1) is 28.6 Å². The lowest BCUT2D eigenvalue weighted by Gasteiger charge is -2.55. The Morgan fingerprint density at radius 3 is 2.65 bits per heavy atom. The molecule has 3 fully saturated rings. The molecule has 0 saturated heterocycles. The van der Waals surface area contributed by atoms with Crippen LogP contribution in [-0.2, 0) is 14.4 Å². The van der Waals surface area contributed by atoms with Gasteiger partial charge in [0, 0.05) is 35.2 Å². The number of rotatable bonds is 1. The van der Waals surface area contributed by atoms with Gasteiger partial charge in [-0.25, -0.2) is 0 Å². The van der Waals surface area contributed by atoms with Crippen LogP contribution in [0.25, 0.3) is 0 Å². The van der Waals surface area contributed by atoms with E-state index >= 15 is 0 Å². The summed E-state index contributed by atoms with van der Waals surface area (Å²) in [4.78, 5) is 37.6. The van der Waals surface area contributed by atoms with Gasteiger partial charge in [-0.2, -0.15) is 0 Å². The van der Waals surface area contributed by atoms with Crippen LogP contribution in [0.5, 0.6) is 0 Å². The van der Waals surface area contributed by atoms with E-state index < -0.39 is 5.41 Å². The van der Waals surface area contributed by atoms with Gasteiger partial charge in [0.05, 0.1) is 6.61 Å². The minimum atomic E-state index is -0.541. The molecular formula is C19H24O4. The first-order valence-corrected chi connectivity index (χ1v) is 8.87. The Balaban J connectivity index is 1.83. The van der Waals surface area contributed by atoms with Gasteiger partial charge in [0.25, 0.3) is 0 Å². The Bertz CT molecular complexity index is 633. The van der Waals surface area contributed by atoms with Crippen LogP contribution in [0.2, 0.25) is 0 Å². The molecule has 4 aliphatic carbocycles. The van der Waals surface area contributed by atoms with E-state index in [1.807, 2.05) is 6.92 Å². The lowest BCUT2D eigenvalue weighted by molar-refractivity contribution is -0.143. The highest BCUT2D eigenvalue weighted by Crippen LogP contribution is 2.62. The Labute approximate surface area is 136 Å². The number of fused-ring (bicyclic) bond motifs is 5. The highest BCUT2D eigenvalue weighted by atomic mass is 16.3. The molecule has 0 amide bonds. The second-order valence-corrected chi connectivity index (χ2v) is 8.21.